The summed E-state index contributed by atoms with van der Waals surface area (Å²) in [5.74, 6) is 1.62. The van der Waals surface area contributed by atoms with Crippen LogP contribution < -0.4 is 9.47 Å². The molecule has 0 spiro atoms. The van der Waals surface area contributed by atoms with Crippen LogP contribution in [0.4, 0.5) is 0 Å². The number of benzene rings is 1. The van der Waals surface area contributed by atoms with Crippen molar-refractivity contribution in [1.29, 1.82) is 0 Å². The predicted molar refractivity (Wildman–Crippen MR) is 59.5 cm³/mol. The Hall–Kier alpha value is -1.22. The van der Waals surface area contributed by atoms with Gasteiger partial charge in [0.15, 0.2) is 0 Å². The van der Waals surface area contributed by atoms with Gasteiger partial charge in [0.1, 0.15) is 11.5 Å². The molecule has 1 aliphatic heterocycles. The molecule has 84 valence electrons. The van der Waals surface area contributed by atoms with Gasteiger partial charge < -0.3 is 14.6 Å². The van der Waals surface area contributed by atoms with Crippen LogP contribution in [0.15, 0.2) is 12.1 Å². The Bertz CT molecular complexity index is 290. The summed E-state index contributed by atoms with van der Waals surface area (Å²) in [5, 5.41) is 9.05. The van der Waals surface area contributed by atoms with E-state index < -0.39 is 0 Å². The molecule has 0 fully saturated rings. The highest BCUT2D eigenvalue weighted by Gasteiger charge is 2.15. The Morgan fingerprint density at radius 1 is 1.40 bits per heavy atom. The SMILES string of the molecule is CC.COc1cc2c(cc1CO)OCC2. The molecule has 0 saturated heterocycles. The summed E-state index contributed by atoms with van der Waals surface area (Å²) in [5.41, 5.74) is 1.94. The first-order chi connectivity index (χ1) is 7.35. The van der Waals surface area contributed by atoms with Gasteiger partial charge in [-0.1, -0.05) is 13.8 Å². The Morgan fingerprint density at radius 2 is 2.13 bits per heavy atom. The zero-order valence-electron chi connectivity index (χ0n) is 9.54. The van der Waals surface area contributed by atoms with E-state index in [0.717, 1.165) is 35.7 Å². The second-order valence-corrected chi connectivity index (χ2v) is 3.03. The van der Waals surface area contributed by atoms with Crippen LogP contribution in [0, 0.1) is 0 Å². The van der Waals surface area contributed by atoms with Crippen LogP contribution in [0.5, 0.6) is 11.5 Å². The lowest BCUT2D eigenvalue weighted by Gasteiger charge is -2.08. The summed E-state index contributed by atoms with van der Waals surface area (Å²) < 4.78 is 10.5. The van der Waals surface area contributed by atoms with Crippen LogP contribution in [-0.2, 0) is 13.0 Å². The first-order valence-corrected chi connectivity index (χ1v) is 5.28. The zero-order chi connectivity index (χ0) is 11.3. The van der Waals surface area contributed by atoms with E-state index in [1.165, 1.54) is 0 Å². The van der Waals surface area contributed by atoms with E-state index in [1.54, 1.807) is 7.11 Å². The Balaban J connectivity index is 0.000000531. The first-order valence-electron chi connectivity index (χ1n) is 5.28. The molecule has 0 aromatic heterocycles. The highest BCUT2D eigenvalue weighted by atomic mass is 16.5. The number of aliphatic hydroxyl groups excluding tert-OH is 1. The third kappa shape index (κ3) is 2.42. The Morgan fingerprint density at radius 3 is 2.73 bits per heavy atom. The van der Waals surface area contributed by atoms with Gasteiger partial charge >= 0.3 is 0 Å². The zero-order valence-corrected chi connectivity index (χ0v) is 9.54. The van der Waals surface area contributed by atoms with Crippen molar-refractivity contribution in [1.82, 2.24) is 0 Å². The Kier molecular flexibility index (Phi) is 4.43. The van der Waals surface area contributed by atoms with Gasteiger partial charge in [0.2, 0.25) is 0 Å². The van der Waals surface area contributed by atoms with Crippen molar-refractivity contribution in [2.45, 2.75) is 26.9 Å². The summed E-state index contributed by atoms with van der Waals surface area (Å²) in [7, 11) is 1.61. The molecule has 0 unspecified atom stereocenters. The second kappa shape index (κ2) is 5.61. The number of ether oxygens (including phenoxy) is 2. The van der Waals surface area contributed by atoms with Crippen molar-refractivity contribution >= 4 is 0 Å². The van der Waals surface area contributed by atoms with E-state index in [4.69, 9.17) is 14.6 Å². The maximum atomic E-state index is 9.05. The minimum absolute atomic E-state index is 0.0141. The molecule has 2 rings (SSSR count). The standard InChI is InChI=1S/C10H12O3.C2H6/c1-12-9-4-7-2-3-13-10(7)5-8(9)6-11;1-2/h4-5,11H,2-3,6H2,1H3;1-2H3. The monoisotopic (exact) mass is 210 g/mol. The molecule has 15 heavy (non-hydrogen) atoms. The minimum Gasteiger partial charge on any atom is -0.496 e. The molecule has 3 heteroatoms. The van der Waals surface area contributed by atoms with E-state index in [1.807, 2.05) is 26.0 Å². The second-order valence-electron chi connectivity index (χ2n) is 3.03. The molecule has 0 saturated carbocycles. The van der Waals surface area contributed by atoms with Crippen molar-refractivity contribution < 1.29 is 14.6 Å². The molecule has 3 nitrogen and oxygen atoms in total. The molecule has 0 bridgehead atoms. The molecular weight excluding hydrogens is 192 g/mol. The number of rotatable bonds is 2. The minimum atomic E-state index is -0.0141. The Labute approximate surface area is 90.6 Å². The normalized spacial score (nSPS) is 12.3. The molecule has 1 heterocycles. The molecule has 1 aromatic carbocycles. The lowest BCUT2D eigenvalue weighted by atomic mass is 10.1. The predicted octanol–water partition coefficient (Wildman–Crippen LogP) is 2.15. The van der Waals surface area contributed by atoms with E-state index >= 15 is 0 Å². The van der Waals surface area contributed by atoms with E-state index in [-0.39, 0.29) is 6.61 Å². The molecule has 0 radical (unpaired) electrons. The van der Waals surface area contributed by atoms with E-state index in [0.29, 0.717) is 0 Å². The van der Waals surface area contributed by atoms with Crippen LogP contribution in [0.2, 0.25) is 0 Å². The number of aliphatic hydroxyl groups is 1. The van der Waals surface area contributed by atoms with Crippen LogP contribution in [0.25, 0.3) is 0 Å². The third-order valence-corrected chi connectivity index (χ3v) is 2.26. The van der Waals surface area contributed by atoms with Gasteiger partial charge in [0.05, 0.1) is 20.3 Å². The number of methoxy groups -OCH3 is 1. The molecule has 1 aromatic rings. The summed E-state index contributed by atoms with van der Waals surface area (Å²) in [6, 6.07) is 3.79. The maximum Gasteiger partial charge on any atom is 0.124 e. The maximum absolute atomic E-state index is 9.05. The summed E-state index contributed by atoms with van der Waals surface area (Å²) >= 11 is 0. The lowest BCUT2D eigenvalue weighted by Crippen LogP contribution is -1.93. The average Bonchev–Trinajstić information content (AvgIpc) is 2.76. The molecule has 0 amide bonds. The highest BCUT2D eigenvalue weighted by Crippen LogP contribution is 2.32. The van der Waals surface area contributed by atoms with Crippen LogP contribution in [0.1, 0.15) is 25.0 Å². The smallest absolute Gasteiger partial charge is 0.124 e. The van der Waals surface area contributed by atoms with E-state index in [2.05, 4.69) is 0 Å². The van der Waals surface area contributed by atoms with Gasteiger partial charge in [0.25, 0.3) is 0 Å². The lowest BCUT2D eigenvalue weighted by molar-refractivity contribution is 0.272. The molecule has 1 aliphatic rings. The molecule has 0 atom stereocenters. The topological polar surface area (TPSA) is 38.7 Å². The fourth-order valence-electron chi connectivity index (χ4n) is 1.56. The largest absolute Gasteiger partial charge is 0.496 e. The van der Waals surface area contributed by atoms with Crippen LogP contribution >= 0.6 is 0 Å². The molecule has 0 aliphatic carbocycles. The first kappa shape index (κ1) is 11.9. The number of hydrogen-bond donors (Lipinski definition) is 1. The summed E-state index contributed by atoms with van der Waals surface area (Å²) in [6.45, 7) is 4.72. The highest BCUT2D eigenvalue weighted by molar-refractivity contribution is 5.47. The van der Waals surface area contributed by atoms with Gasteiger partial charge in [-0.2, -0.15) is 0 Å². The van der Waals surface area contributed by atoms with Gasteiger partial charge in [-0.15, -0.1) is 0 Å². The van der Waals surface area contributed by atoms with Crippen molar-refractivity contribution in [2.24, 2.45) is 0 Å². The fraction of sp³-hybridized carbons (Fsp3) is 0.500. The van der Waals surface area contributed by atoms with Gasteiger partial charge in [-0.25, -0.2) is 0 Å². The molecule has 1 N–H and O–H groups in total. The molecular formula is C12H18O3. The van der Waals surface area contributed by atoms with Crippen molar-refractivity contribution in [3.8, 4) is 11.5 Å². The third-order valence-electron chi connectivity index (χ3n) is 2.26. The van der Waals surface area contributed by atoms with Crippen molar-refractivity contribution in [3.05, 3.63) is 23.3 Å². The van der Waals surface area contributed by atoms with Gasteiger partial charge in [0, 0.05) is 17.5 Å². The number of hydrogen-bond acceptors (Lipinski definition) is 3. The fourth-order valence-corrected chi connectivity index (χ4v) is 1.56. The van der Waals surface area contributed by atoms with Crippen molar-refractivity contribution in [2.75, 3.05) is 13.7 Å². The quantitative estimate of drug-likeness (QED) is 0.812. The van der Waals surface area contributed by atoms with Gasteiger partial charge in [-0.3, -0.25) is 0 Å². The summed E-state index contributed by atoms with van der Waals surface area (Å²) in [6.07, 6.45) is 0.928. The van der Waals surface area contributed by atoms with Crippen molar-refractivity contribution in [3.63, 3.8) is 0 Å². The van der Waals surface area contributed by atoms with Gasteiger partial charge in [-0.05, 0) is 12.1 Å². The van der Waals surface area contributed by atoms with Crippen LogP contribution in [-0.4, -0.2) is 18.8 Å². The van der Waals surface area contributed by atoms with E-state index in [9.17, 15) is 0 Å². The average molecular weight is 210 g/mol. The number of fused-ring (bicyclic) bond motifs is 1. The van der Waals surface area contributed by atoms with Crippen LogP contribution in [0.3, 0.4) is 0 Å². The summed E-state index contributed by atoms with van der Waals surface area (Å²) in [4.78, 5) is 0.